The Morgan fingerprint density at radius 1 is 1.23 bits per heavy atom. The zero-order valence-electron chi connectivity index (χ0n) is 19.4. The van der Waals surface area contributed by atoms with Gasteiger partial charge in [-0.05, 0) is 46.1 Å². The molecule has 0 radical (unpaired) electrons. The highest BCUT2D eigenvalue weighted by molar-refractivity contribution is 5.95. The number of nitrogens with zero attached hydrogens (tertiary/aromatic N) is 3. The number of hydrogen-bond acceptors (Lipinski definition) is 5. The number of fused-ring (bicyclic) bond motifs is 1. The second kappa shape index (κ2) is 8.51. The molecule has 190 valence electrons. The monoisotopic (exact) mass is 499 g/mol. The maximum absolute atomic E-state index is 15.4. The van der Waals surface area contributed by atoms with E-state index in [2.05, 4.69) is 0 Å². The number of carbonyl (C=O) groups is 2. The number of anilines is 1. The molecule has 1 aromatic carbocycles. The molecule has 35 heavy (non-hydrogen) atoms. The summed E-state index contributed by atoms with van der Waals surface area (Å²) >= 11 is 0. The normalized spacial score (nSPS) is 18.8. The van der Waals surface area contributed by atoms with E-state index in [0.717, 1.165) is 15.8 Å². The van der Waals surface area contributed by atoms with Crippen LogP contribution in [0.15, 0.2) is 17.1 Å². The SMILES string of the molecule is CC(C)(C)ON(C=O)C1CCN(c2c(F)cc3c(=O)c(C(=O)O)cn(C4CC4)c3c2C(F)(F)F)C1. The number of halogens is 4. The Kier molecular flexibility index (Phi) is 6.06. The summed E-state index contributed by atoms with van der Waals surface area (Å²) in [7, 11) is 0. The predicted octanol–water partition coefficient (Wildman–Crippen LogP) is 3.96. The van der Waals surface area contributed by atoms with Crippen LogP contribution in [0.25, 0.3) is 10.9 Å². The topological polar surface area (TPSA) is 92.1 Å². The number of amides is 1. The molecule has 2 aromatic rings. The molecule has 1 aliphatic carbocycles. The van der Waals surface area contributed by atoms with E-state index in [9.17, 15) is 32.7 Å². The number of carbonyl (C=O) groups excluding carboxylic acids is 1. The largest absolute Gasteiger partial charge is 0.477 e. The van der Waals surface area contributed by atoms with E-state index >= 15 is 4.39 Å². The number of hydroxylamine groups is 2. The standard InChI is InChI=1S/C23H25F4N3O5/c1-22(2,3)35-30(11-31)13-6-7-28(9-13)19-16(24)8-14-18(17(19)23(25,26)27)29(12-4-5-12)10-15(20(14)32)21(33)34/h8,10-13H,4-7,9H2,1-3H3,(H,33,34). The van der Waals surface area contributed by atoms with Gasteiger partial charge in [0.05, 0.1) is 28.2 Å². The summed E-state index contributed by atoms with van der Waals surface area (Å²) in [5.41, 5.74) is -5.22. The van der Waals surface area contributed by atoms with Crippen molar-refractivity contribution >= 4 is 29.0 Å². The highest BCUT2D eigenvalue weighted by Gasteiger charge is 2.44. The van der Waals surface area contributed by atoms with Crippen molar-refractivity contribution in [1.29, 1.82) is 0 Å². The Labute approximate surface area is 197 Å². The highest BCUT2D eigenvalue weighted by Crippen LogP contribution is 2.46. The van der Waals surface area contributed by atoms with Gasteiger partial charge in [0.2, 0.25) is 11.8 Å². The summed E-state index contributed by atoms with van der Waals surface area (Å²) in [6.07, 6.45) is -2.44. The third-order valence-electron chi connectivity index (χ3n) is 6.02. The summed E-state index contributed by atoms with van der Waals surface area (Å²) in [5, 5.41) is 9.78. The van der Waals surface area contributed by atoms with Gasteiger partial charge in [0.25, 0.3) is 0 Å². The first-order valence-corrected chi connectivity index (χ1v) is 11.1. The number of benzene rings is 1. The number of aromatic nitrogens is 1. The molecule has 1 saturated carbocycles. The van der Waals surface area contributed by atoms with Gasteiger partial charge in [-0.15, -0.1) is 0 Å². The summed E-state index contributed by atoms with van der Waals surface area (Å²) in [5.74, 6) is -2.89. The van der Waals surface area contributed by atoms with E-state index in [0.29, 0.717) is 25.3 Å². The average molecular weight is 499 g/mol. The van der Waals surface area contributed by atoms with Crippen molar-refractivity contribution in [2.24, 2.45) is 0 Å². The molecule has 1 aromatic heterocycles. The van der Waals surface area contributed by atoms with Crippen molar-refractivity contribution in [3.8, 4) is 0 Å². The number of carboxylic acids is 1. The minimum atomic E-state index is -5.05. The Balaban J connectivity index is 1.90. The molecular weight excluding hydrogens is 474 g/mol. The number of hydrogen-bond donors (Lipinski definition) is 1. The second-order valence-corrected chi connectivity index (χ2v) is 9.85. The van der Waals surface area contributed by atoms with Gasteiger partial charge in [0.15, 0.2) is 0 Å². The molecule has 0 spiro atoms. The number of carboxylic acid groups (broad SMARTS) is 1. The van der Waals surface area contributed by atoms with Gasteiger partial charge < -0.3 is 14.6 Å². The average Bonchev–Trinajstić information content (AvgIpc) is 3.46. The minimum Gasteiger partial charge on any atom is -0.477 e. The zero-order chi connectivity index (χ0) is 25.9. The van der Waals surface area contributed by atoms with Crippen LogP contribution in [0.1, 0.15) is 62.0 Å². The van der Waals surface area contributed by atoms with Crippen LogP contribution in [0.2, 0.25) is 0 Å². The van der Waals surface area contributed by atoms with Crippen molar-refractivity contribution < 1.29 is 37.1 Å². The molecule has 1 aliphatic heterocycles. The van der Waals surface area contributed by atoms with Gasteiger partial charge in [0, 0.05) is 25.3 Å². The second-order valence-electron chi connectivity index (χ2n) is 9.85. The predicted molar refractivity (Wildman–Crippen MR) is 118 cm³/mol. The van der Waals surface area contributed by atoms with Crippen molar-refractivity contribution in [3.63, 3.8) is 0 Å². The number of alkyl halides is 3. The molecule has 4 rings (SSSR count). The number of rotatable bonds is 6. The summed E-state index contributed by atoms with van der Waals surface area (Å²) < 4.78 is 60.0. The third kappa shape index (κ3) is 4.71. The van der Waals surface area contributed by atoms with Crippen LogP contribution in [-0.4, -0.2) is 51.8 Å². The van der Waals surface area contributed by atoms with E-state index in [-0.39, 0.29) is 19.5 Å². The van der Waals surface area contributed by atoms with Crippen LogP contribution in [0.4, 0.5) is 23.2 Å². The lowest BCUT2D eigenvalue weighted by Gasteiger charge is -2.31. The summed E-state index contributed by atoms with van der Waals surface area (Å²) in [4.78, 5) is 42.6. The van der Waals surface area contributed by atoms with Crippen LogP contribution in [0, 0.1) is 5.82 Å². The third-order valence-corrected chi connectivity index (χ3v) is 6.02. The molecule has 1 amide bonds. The smallest absolute Gasteiger partial charge is 0.420 e. The van der Waals surface area contributed by atoms with Crippen LogP contribution in [0.5, 0.6) is 0 Å². The van der Waals surface area contributed by atoms with E-state index in [1.165, 1.54) is 4.90 Å². The van der Waals surface area contributed by atoms with E-state index in [1.54, 1.807) is 20.8 Å². The van der Waals surface area contributed by atoms with Gasteiger partial charge in [-0.2, -0.15) is 13.2 Å². The van der Waals surface area contributed by atoms with Crippen LogP contribution in [0.3, 0.4) is 0 Å². The van der Waals surface area contributed by atoms with Crippen molar-refractivity contribution in [1.82, 2.24) is 9.63 Å². The summed E-state index contributed by atoms with van der Waals surface area (Å²) in [6.45, 7) is 5.02. The Morgan fingerprint density at radius 3 is 2.40 bits per heavy atom. The van der Waals surface area contributed by atoms with Gasteiger partial charge in [0.1, 0.15) is 16.9 Å². The molecule has 1 unspecified atom stereocenters. The quantitative estimate of drug-likeness (QED) is 0.368. The lowest BCUT2D eigenvalue weighted by Crippen LogP contribution is -2.42. The first kappa shape index (κ1) is 25.0. The van der Waals surface area contributed by atoms with E-state index in [1.807, 2.05) is 0 Å². The fraction of sp³-hybridized carbons (Fsp3) is 0.522. The Bertz CT molecular complexity index is 1250. The number of aromatic carboxylic acids is 1. The van der Waals surface area contributed by atoms with E-state index in [4.69, 9.17) is 4.84 Å². The molecular formula is C23H25F4N3O5. The molecule has 1 saturated heterocycles. The Hall–Kier alpha value is -3.15. The van der Waals surface area contributed by atoms with Gasteiger partial charge in [-0.25, -0.2) is 14.2 Å². The fourth-order valence-electron chi connectivity index (χ4n) is 4.50. The molecule has 8 nitrogen and oxygen atoms in total. The molecule has 1 atom stereocenters. The van der Waals surface area contributed by atoms with E-state index < -0.39 is 68.8 Å². The van der Waals surface area contributed by atoms with Crippen molar-refractivity contribution in [2.75, 3.05) is 18.0 Å². The molecule has 0 bridgehead atoms. The van der Waals surface area contributed by atoms with Crippen molar-refractivity contribution in [2.45, 2.75) is 63.9 Å². The lowest BCUT2D eigenvalue weighted by atomic mass is 10.0. The van der Waals surface area contributed by atoms with Crippen molar-refractivity contribution in [3.05, 3.63) is 39.4 Å². The Morgan fingerprint density at radius 2 is 1.89 bits per heavy atom. The molecule has 2 fully saturated rings. The van der Waals surface area contributed by atoms with Crippen LogP contribution < -0.4 is 10.3 Å². The highest BCUT2D eigenvalue weighted by atomic mass is 19.4. The lowest BCUT2D eigenvalue weighted by molar-refractivity contribution is -0.229. The number of pyridine rings is 1. The van der Waals surface area contributed by atoms with Crippen LogP contribution in [-0.2, 0) is 15.8 Å². The maximum atomic E-state index is 15.4. The maximum Gasteiger partial charge on any atom is 0.420 e. The van der Waals surface area contributed by atoms with Crippen LogP contribution >= 0.6 is 0 Å². The first-order chi connectivity index (χ1) is 16.2. The van der Waals surface area contributed by atoms with Gasteiger partial charge in [-0.1, -0.05) is 0 Å². The molecule has 2 aliphatic rings. The fourth-order valence-corrected chi connectivity index (χ4v) is 4.50. The van der Waals surface area contributed by atoms with Gasteiger partial charge in [-0.3, -0.25) is 14.4 Å². The summed E-state index contributed by atoms with van der Waals surface area (Å²) in [6, 6.07) is -0.361. The first-order valence-electron chi connectivity index (χ1n) is 11.1. The molecule has 12 heteroatoms. The molecule has 1 N–H and O–H groups in total. The zero-order valence-corrected chi connectivity index (χ0v) is 19.4. The van der Waals surface area contributed by atoms with Gasteiger partial charge >= 0.3 is 12.1 Å². The molecule has 2 heterocycles. The minimum absolute atomic E-state index is 0.00882.